The lowest BCUT2D eigenvalue weighted by atomic mass is 10.2. The Bertz CT molecular complexity index is 931. The number of halogens is 1. The number of hydrogen-bond donors (Lipinski definition) is 2. The van der Waals surface area contributed by atoms with Gasteiger partial charge in [0, 0.05) is 10.0 Å². The molecule has 2 aromatic rings. The van der Waals surface area contributed by atoms with Gasteiger partial charge < -0.3 is 4.74 Å². The van der Waals surface area contributed by atoms with E-state index in [-0.39, 0.29) is 4.90 Å². The second kappa shape index (κ2) is 10.0. The molecule has 0 fully saturated rings. The van der Waals surface area contributed by atoms with Gasteiger partial charge in [0.1, 0.15) is 12.4 Å². The van der Waals surface area contributed by atoms with E-state index in [2.05, 4.69) is 37.8 Å². The number of carbonyl (C=O) groups is 1. The molecule has 1 amide bonds. The van der Waals surface area contributed by atoms with Gasteiger partial charge in [-0.15, -0.1) is 0 Å². The Balaban J connectivity index is 1.91. The highest BCUT2D eigenvalue weighted by Crippen LogP contribution is 2.21. The van der Waals surface area contributed by atoms with Crippen LogP contribution in [0.5, 0.6) is 5.75 Å². The van der Waals surface area contributed by atoms with Gasteiger partial charge in [0.2, 0.25) is 10.0 Å². The van der Waals surface area contributed by atoms with Crippen molar-refractivity contribution < 1.29 is 17.9 Å². The molecule has 0 spiro atoms. The zero-order valence-electron chi connectivity index (χ0n) is 14.3. The molecule has 0 bridgehead atoms. The summed E-state index contributed by atoms with van der Waals surface area (Å²) in [5.41, 5.74) is 2.95. The number of nitrogens with zero attached hydrogens (tertiary/aromatic N) is 1. The van der Waals surface area contributed by atoms with Crippen LogP contribution in [0.25, 0.3) is 0 Å². The average Bonchev–Trinajstić information content (AvgIpc) is 2.67. The van der Waals surface area contributed by atoms with Crippen molar-refractivity contribution in [1.29, 1.82) is 0 Å². The number of ether oxygens (including phenoxy) is 1. The minimum atomic E-state index is -3.75. The molecule has 2 aromatic carbocycles. The molecule has 0 radical (unpaired) electrons. The van der Waals surface area contributed by atoms with Crippen LogP contribution in [0.4, 0.5) is 0 Å². The number of carbonyl (C=O) groups excluding carboxylic acids is 1. The van der Waals surface area contributed by atoms with E-state index in [1.54, 1.807) is 42.5 Å². The van der Waals surface area contributed by atoms with E-state index in [1.165, 1.54) is 18.3 Å². The highest BCUT2D eigenvalue weighted by molar-refractivity contribution is 9.10. The first-order valence-corrected chi connectivity index (χ1v) is 10.1. The molecule has 0 atom stereocenters. The zero-order chi connectivity index (χ0) is 19.7. The van der Waals surface area contributed by atoms with Crippen molar-refractivity contribution in [3.8, 4) is 5.75 Å². The highest BCUT2D eigenvalue weighted by Gasteiger charge is 2.14. The van der Waals surface area contributed by atoms with E-state index in [4.69, 9.17) is 4.74 Å². The van der Waals surface area contributed by atoms with Gasteiger partial charge in [0.25, 0.3) is 5.91 Å². The Morgan fingerprint density at radius 3 is 2.67 bits per heavy atom. The van der Waals surface area contributed by atoms with Crippen LogP contribution in [-0.4, -0.2) is 33.7 Å². The van der Waals surface area contributed by atoms with Gasteiger partial charge in [0.15, 0.2) is 0 Å². The number of hydrogen-bond acceptors (Lipinski definition) is 5. The van der Waals surface area contributed by atoms with E-state index in [0.29, 0.717) is 17.9 Å². The van der Waals surface area contributed by atoms with Crippen LogP contribution in [0.3, 0.4) is 0 Å². The lowest BCUT2D eigenvalue weighted by molar-refractivity contribution is -0.119. The maximum absolute atomic E-state index is 12.0. The number of benzene rings is 2. The second-order valence-corrected chi connectivity index (χ2v) is 7.84. The topological polar surface area (TPSA) is 96.9 Å². The lowest BCUT2D eigenvalue weighted by Gasteiger charge is -2.06. The summed E-state index contributed by atoms with van der Waals surface area (Å²) in [6.45, 7) is 3.52. The van der Waals surface area contributed by atoms with Gasteiger partial charge in [-0.25, -0.2) is 18.6 Å². The van der Waals surface area contributed by atoms with Gasteiger partial charge in [0.05, 0.1) is 17.7 Å². The normalized spacial score (nSPS) is 11.3. The van der Waals surface area contributed by atoms with Crippen LogP contribution < -0.4 is 14.9 Å². The number of sulfonamides is 1. The van der Waals surface area contributed by atoms with E-state index in [1.807, 2.05) is 0 Å². The molecule has 27 heavy (non-hydrogen) atoms. The summed E-state index contributed by atoms with van der Waals surface area (Å²) in [7, 11) is -3.75. The van der Waals surface area contributed by atoms with Crippen molar-refractivity contribution in [3.63, 3.8) is 0 Å². The Hall–Kier alpha value is -2.49. The molecule has 0 heterocycles. The molecule has 0 aliphatic rings. The first kappa shape index (κ1) is 20.8. The third-order valence-corrected chi connectivity index (χ3v) is 5.34. The van der Waals surface area contributed by atoms with Crippen molar-refractivity contribution in [2.24, 2.45) is 5.10 Å². The van der Waals surface area contributed by atoms with E-state index in [0.717, 1.165) is 4.47 Å². The van der Waals surface area contributed by atoms with Crippen LogP contribution in [-0.2, 0) is 14.8 Å². The summed E-state index contributed by atoms with van der Waals surface area (Å²) in [6.07, 6.45) is 3.06. The monoisotopic (exact) mass is 451 g/mol. The summed E-state index contributed by atoms with van der Waals surface area (Å²) in [5, 5.41) is 3.83. The fourth-order valence-electron chi connectivity index (χ4n) is 1.92. The molecule has 142 valence electrons. The Morgan fingerprint density at radius 1 is 1.22 bits per heavy atom. The minimum absolute atomic E-state index is 0.0848. The van der Waals surface area contributed by atoms with Gasteiger partial charge in [-0.1, -0.05) is 46.8 Å². The molecule has 0 aliphatic heterocycles. The molecule has 0 saturated heterocycles. The second-order valence-electron chi connectivity index (χ2n) is 5.21. The average molecular weight is 452 g/mol. The quantitative estimate of drug-likeness (QED) is 0.347. The van der Waals surface area contributed by atoms with Crippen molar-refractivity contribution in [2.45, 2.75) is 4.90 Å². The molecular weight excluding hydrogens is 434 g/mol. The van der Waals surface area contributed by atoms with E-state index >= 15 is 0 Å². The predicted molar refractivity (Wildman–Crippen MR) is 107 cm³/mol. The van der Waals surface area contributed by atoms with Crippen LogP contribution in [0, 0.1) is 0 Å². The SMILES string of the molecule is C=CCOc1ccc(Br)c(/C=N/NC(=O)CNS(=O)(=O)c2ccccc2)c1. The molecule has 0 aromatic heterocycles. The van der Waals surface area contributed by atoms with Crippen molar-refractivity contribution in [1.82, 2.24) is 10.1 Å². The molecule has 2 rings (SSSR count). The highest BCUT2D eigenvalue weighted by atomic mass is 79.9. The molecule has 2 N–H and O–H groups in total. The van der Waals surface area contributed by atoms with E-state index in [9.17, 15) is 13.2 Å². The maximum atomic E-state index is 12.0. The lowest BCUT2D eigenvalue weighted by Crippen LogP contribution is -2.34. The van der Waals surface area contributed by atoms with Crippen LogP contribution in [0.1, 0.15) is 5.56 Å². The summed E-state index contributed by atoms with van der Waals surface area (Å²) in [4.78, 5) is 11.9. The Kier molecular flexibility index (Phi) is 7.71. The van der Waals surface area contributed by atoms with Gasteiger partial charge >= 0.3 is 0 Å². The van der Waals surface area contributed by atoms with Gasteiger partial charge in [-0.05, 0) is 30.3 Å². The number of hydrazone groups is 1. The smallest absolute Gasteiger partial charge is 0.255 e. The van der Waals surface area contributed by atoms with Gasteiger partial charge in [-0.2, -0.15) is 5.10 Å². The molecule has 7 nitrogen and oxygen atoms in total. The summed E-state index contributed by atoms with van der Waals surface area (Å²) < 4.78 is 32.5. The fourth-order valence-corrected chi connectivity index (χ4v) is 3.27. The molecule has 0 aliphatic carbocycles. The van der Waals surface area contributed by atoms with Gasteiger partial charge in [-0.3, -0.25) is 4.79 Å². The number of rotatable bonds is 9. The van der Waals surface area contributed by atoms with Crippen LogP contribution in [0.2, 0.25) is 0 Å². The number of nitrogens with one attached hydrogen (secondary N) is 2. The first-order chi connectivity index (χ1) is 12.9. The van der Waals surface area contributed by atoms with Crippen molar-refractivity contribution in [3.05, 3.63) is 71.2 Å². The summed E-state index contributed by atoms with van der Waals surface area (Å²) >= 11 is 3.38. The van der Waals surface area contributed by atoms with Crippen LogP contribution in [0.15, 0.2) is 75.7 Å². The Morgan fingerprint density at radius 2 is 1.96 bits per heavy atom. The third-order valence-electron chi connectivity index (χ3n) is 3.20. The first-order valence-electron chi connectivity index (χ1n) is 7.82. The third kappa shape index (κ3) is 6.63. The Labute approximate surface area is 166 Å². The zero-order valence-corrected chi connectivity index (χ0v) is 16.7. The minimum Gasteiger partial charge on any atom is -0.490 e. The standard InChI is InChI=1S/C18H18BrN3O4S/c1-2-10-26-15-8-9-17(19)14(11-15)12-20-22-18(23)13-21-27(24,25)16-6-4-3-5-7-16/h2-9,11-12,21H,1,10,13H2,(H,22,23)/b20-12+. The largest absolute Gasteiger partial charge is 0.490 e. The number of amides is 1. The molecule has 0 unspecified atom stereocenters. The van der Waals surface area contributed by atoms with Crippen molar-refractivity contribution >= 4 is 38.1 Å². The molecule has 9 heteroatoms. The fraction of sp³-hybridized carbons (Fsp3) is 0.111. The summed E-state index contributed by atoms with van der Waals surface area (Å²) in [5.74, 6) is 0.0300. The molecule has 0 saturated carbocycles. The van der Waals surface area contributed by atoms with Crippen LogP contribution >= 0.6 is 15.9 Å². The molecular formula is C18H18BrN3O4S. The predicted octanol–water partition coefficient (Wildman–Crippen LogP) is 2.44. The van der Waals surface area contributed by atoms with Crippen molar-refractivity contribution in [2.75, 3.05) is 13.2 Å². The van der Waals surface area contributed by atoms with E-state index < -0.39 is 22.5 Å². The maximum Gasteiger partial charge on any atom is 0.255 e. The summed E-state index contributed by atoms with van der Waals surface area (Å²) in [6, 6.07) is 13.1.